The predicted molar refractivity (Wildman–Crippen MR) is 94.7 cm³/mol. The molecule has 2 aromatic rings. The summed E-state index contributed by atoms with van der Waals surface area (Å²) in [6.45, 7) is 3.91. The molecule has 3 rings (SSSR count). The van der Waals surface area contributed by atoms with Gasteiger partial charge < -0.3 is 15.5 Å². The molecule has 25 heavy (non-hydrogen) atoms. The van der Waals surface area contributed by atoms with Crippen LogP contribution in [0.5, 0.6) is 0 Å². The van der Waals surface area contributed by atoms with Gasteiger partial charge in [-0.1, -0.05) is 18.2 Å². The van der Waals surface area contributed by atoms with Crippen molar-refractivity contribution in [3.8, 4) is 0 Å². The lowest BCUT2D eigenvalue weighted by molar-refractivity contribution is 0.208. The molecule has 1 aliphatic heterocycles. The van der Waals surface area contributed by atoms with Gasteiger partial charge in [-0.15, -0.1) is 0 Å². The summed E-state index contributed by atoms with van der Waals surface area (Å²) in [6, 6.07) is 12.2. The van der Waals surface area contributed by atoms with E-state index < -0.39 is 0 Å². The van der Waals surface area contributed by atoms with Gasteiger partial charge in [-0.05, 0) is 43.2 Å². The molecule has 1 aliphatic rings. The molecular formula is C19H23FN4O. The fraction of sp³-hybridized carbons (Fsp3) is 0.368. The largest absolute Gasteiger partial charge is 0.338 e. The van der Waals surface area contributed by atoms with E-state index in [4.69, 9.17) is 0 Å². The van der Waals surface area contributed by atoms with Crippen LogP contribution in [0, 0.1) is 5.82 Å². The van der Waals surface area contributed by atoms with E-state index in [0.29, 0.717) is 13.1 Å². The third kappa shape index (κ3) is 4.33. The second-order valence-corrected chi connectivity index (χ2v) is 6.17. The Morgan fingerprint density at radius 1 is 1.32 bits per heavy atom. The lowest BCUT2D eigenvalue weighted by atomic mass is 10.0. The summed E-state index contributed by atoms with van der Waals surface area (Å²) >= 11 is 0. The molecular weight excluding hydrogens is 319 g/mol. The van der Waals surface area contributed by atoms with Crippen LogP contribution in [0.4, 0.5) is 9.18 Å². The smallest absolute Gasteiger partial charge is 0.317 e. The Kier molecular flexibility index (Phi) is 5.60. The molecule has 0 unspecified atom stereocenters. The molecule has 2 amide bonds. The summed E-state index contributed by atoms with van der Waals surface area (Å²) in [5.74, 6) is -0.258. The molecule has 2 heterocycles. The number of halogens is 1. The van der Waals surface area contributed by atoms with Gasteiger partial charge in [0.2, 0.25) is 0 Å². The first kappa shape index (κ1) is 17.4. The van der Waals surface area contributed by atoms with Gasteiger partial charge in [0.25, 0.3) is 0 Å². The van der Waals surface area contributed by atoms with Crippen LogP contribution in [-0.2, 0) is 0 Å². The van der Waals surface area contributed by atoms with E-state index in [2.05, 4.69) is 15.6 Å². The van der Waals surface area contributed by atoms with Crippen LogP contribution in [0.15, 0.2) is 48.7 Å². The molecule has 1 aromatic carbocycles. The third-order valence-electron chi connectivity index (χ3n) is 4.39. The summed E-state index contributed by atoms with van der Waals surface area (Å²) in [4.78, 5) is 18.3. The average molecular weight is 342 g/mol. The Morgan fingerprint density at radius 2 is 2.12 bits per heavy atom. The first-order valence-electron chi connectivity index (χ1n) is 8.62. The highest BCUT2D eigenvalue weighted by Gasteiger charge is 2.28. The molecule has 2 N–H and O–H groups in total. The molecule has 0 spiro atoms. The number of pyridine rings is 1. The zero-order valence-electron chi connectivity index (χ0n) is 14.3. The highest BCUT2D eigenvalue weighted by molar-refractivity contribution is 5.74. The van der Waals surface area contributed by atoms with Gasteiger partial charge in [0.05, 0.1) is 11.7 Å². The molecule has 1 saturated heterocycles. The molecule has 5 nitrogen and oxygen atoms in total. The summed E-state index contributed by atoms with van der Waals surface area (Å²) in [5.41, 5.74) is 1.84. The fourth-order valence-corrected chi connectivity index (χ4v) is 3.13. The predicted octanol–water partition coefficient (Wildman–Crippen LogP) is 2.70. The molecule has 0 bridgehead atoms. The van der Waals surface area contributed by atoms with E-state index in [9.17, 15) is 9.18 Å². The zero-order chi connectivity index (χ0) is 17.6. The maximum absolute atomic E-state index is 13.3. The Balaban J connectivity index is 1.75. The van der Waals surface area contributed by atoms with Crippen molar-refractivity contribution in [1.29, 1.82) is 0 Å². The van der Waals surface area contributed by atoms with E-state index in [1.54, 1.807) is 18.3 Å². The number of rotatable bonds is 5. The number of urea groups is 1. The number of likely N-dealkylation sites (tertiary alicyclic amines) is 1. The van der Waals surface area contributed by atoms with Gasteiger partial charge >= 0.3 is 6.03 Å². The molecule has 132 valence electrons. The maximum atomic E-state index is 13.3. The van der Waals surface area contributed by atoms with E-state index in [1.807, 2.05) is 30.0 Å². The summed E-state index contributed by atoms with van der Waals surface area (Å²) < 4.78 is 13.3. The van der Waals surface area contributed by atoms with Crippen molar-refractivity contribution in [2.75, 3.05) is 19.6 Å². The van der Waals surface area contributed by atoms with Crippen LogP contribution in [0.25, 0.3) is 0 Å². The third-order valence-corrected chi connectivity index (χ3v) is 4.39. The Bertz CT molecular complexity index is 692. The number of nitrogens with one attached hydrogen (secondary N) is 2. The molecule has 2 atom stereocenters. The Labute approximate surface area is 147 Å². The second-order valence-electron chi connectivity index (χ2n) is 6.17. The lowest BCUT2D eigenvalue weighted by Crippen LogP contribution is -2.41. The van der Waals surface area contributed by atoms with Gasteiger partial charge in [-0.2, -0.15) is 0 Å². The Morgan fingerprint density at radius 3 is 2.80 bits per heavy atom. The van der Waals surface area contributed by atoms with Crippen molar-refractivity contribution in [2.45, 2.75) is 25.4 Å². The van der Waals surface area contributed by atoms with Crippen LogP contribution in [-0.4, -0.2) is 41.6 Å². The van der Waals surface area contributed by atoms with Crippen molar-refractivity contribution in [3.63, 3.8) is 0 Å². The maximum Gasteiger partial charge on any atom is 0.317 e. The van der Waals surface area contributed by atoms with Gasteiger partial charge in [-0.25, -0.2) is 9.18 Å². The number of amides is 2. The van der Waals surface area contributed by atoms with Crippen molar-refractivity contribution < 1.29 is 9.18 Å². The average Bonchev–Trinajstić information content (AvgIpc) is 3.10. The number of benzene rings is 1. The number of nitrogens with zero attached hydrogens (tertiary/aromatic N) is 2. The minimum Gasteiger partial charge on any atom is -0.338 e. The molecule has 6 heteroatoms. The zero-order valence-corrected chi connectivity index (χ0v) is 14.3. The van der Waals surface area contributed by atoms with Crippen molar-refractivity contribution >= 4 is 6.03 Å². The standard InChI is InChI=1S/C19H23FN4O/c1-2-21-19(25)24-12-10-16(13-24)23-18(17-5-3-4-11-22-17)14-6-8-15(20)9-7-14/h3-9,11,16,18,23H,2,10,12-13H2,1H3,(H,21,25)/t16-,18-/m0/s1. The van der Waals surface area contributed by atoms with Crippen LogP contribution >= 0.6 is 0 Å². The Hall–Kier alpha value is -2.47. The molecule has 0 saturated carbocycles. The number of hydrogen-bond acceptors (Lipinski definition) is 3. The van der Waals surface area contributed by atoms with Crippen LogP contribution < -0.4 is 10.6 Å². The summed E-state index contributed by atoms with van der Waals surface area (Å²) in [7, 11) is 0. The van der Waals surface area contributed by atoms with Gasteiger partial charge in [0.1, 0.15) is 5.82 Å². The quantitative estimate of drug-likeness (QED) is 0.878. The number of hydrogen-bond donors (Lipinski definition) is 2. The topological polar surface area (TPSA) is 57.3 Å². The SMILES string of the molecule is CCNC(=O)N1CC[C@H](N[C@@H](c2ccc(F)cc2)c2ccccn2)C1. The van der Waals surface area contributed by atoms with Crippen LogP contribution in [0.1, 0.15) is 30.6 Å². The van der Waals surface area contributed by atoms with Crippen molar-refractivity contribution in [2.24, 2.45) is 0 Å². The molecule has 0 radical (unpaired) electrons. The van der Waals surface area contributed by atoms with Gasteiger partial charge in [-0.3, -0.25) is 4.98 Å². The first-order chi connectivity index (χ1) is 12.2. The monoisotopic (exact) mass is 342 g/mol. The fourth-order valence-electron chi connectivity index (χ4n) is 3.13. The number of carbonyl (C=O) groups is 1. The van der Waals surface area contributed by atoms with Crippen LogP contribution in [0.3, 0.4) is 0 Å². The van der Waals surface area contributed by atoms with E-state index >= 15 is 0 Å². The lowest BCUT2D eigenvalue weighted by Gasteiger charge is -2.23. The van der Waals surface area contributed by atoms with E-state index in [-0.39, 0.29) is 23.9 Å². The molecule has 1 fully saturated rings. The molecule has 1 aromatic heterocycles. The number of aromatic nitrogens is 1. The molecule has 0 aliphatic carbocycles. The number of carbonyl (C=O) groups excluding carboxylic acids is 1. The van der Waals surface area contributed by atoms with Gasteiger partial charge in [0, 0.05) is 31.9 Å². The highest BCUT2D eigenvalue weighted by atomic mass is 19.1. The second kappa shape index (κ2) is 8.07. The van der Waals surface area contributed by atoms with E-state index in [0.717, 1.165) is 24.2 Å². The first-order valence-corrected chi connectivity index (χ1v) is 8.62. The van der Waals surface area contributed by atoms with Crippen LogP contribution in [0.2, 0.25) is 0 Å². The minimum atomic E-state index is -0.258. The summed E-state index contributed by atoms with van der Waals surface area (Å²) in [6.07, 6.45) is 2.63. The van der Waals surface area contributed by atoms with Gasteiger partial charge in [0.15, 0.2) is 0 Å². The van der Waals surface area contributed by atoms with Crippen molar-refractivity contribution in [3.05, 3.63) is 65.7 Å². The normalized spacial score (nSPS) is 18.2. The van der Waals surface area contributed by atoms with Crippen molar-refractivity contribution in [1.82, 2.24) is 20.5 Å². The minimum absolute atomic E-state index is 0.0250. The summed E-state index contributed by atoms with van der Waals surface area (Å²) in [5, 5.41) is 6.42. The van der Waals surface area contributed by atoms with E-state index in [1.165, 1.54) is 12.1 Å². The highest BCUT2D eigenvalue weighted by Crippen LogP contribution is 2.23.